The molecule has 0 aromatic rings. The maximum Gasteiger partial charge on any atom is 0.156 e. The lowest BCUT2D eigenvalue weighted by atomic mass is 9.81. The monoisotopic (exact) mass is 211 g/mol. The molecule has 0 heterocycles. The standard InChI is InChI=1S/C13H25NO/c1-5-11(6-2)12(15)13(14(3)4)9-7-8-10-13/h11H,5-10H2,1-4H3. The molecule has 2 heteroatoms. The third-order valence-electron chi connectivity index (χ3n) is 4.10. The second kappa shape index (κ2) is 5.11. The summed E-state index contributed by atoms with van der Waals surface area (Å²) < 4.78 is 0. The Bertz CT molecular complexity index is 213. The molecule has 0 unspecified atom stereocenters. The van der Waals surface area contributed by atoms with Crippen molar-refractivity contribution in [3.05, 3.63) is 0 Å². The third kappa shape index (κ3) is 2.25. The van der Waals surface area contributed by atoms with Crippen LogP contribution in [-0.4, -0.2) is 30.3 Å². The molecule has 0 N–H and O–H groups in total. The topological polar surface area (TPSA) is 20.3 Å². The van der Waals surface area contributed by atoms with Crippen molar-refractivity contribution in [1.82, 2.24) is 4.90 Å². The number of Topliss-reactive ketones (excluding diaryl/α,β-unsaturated/α-hetero) is 1. The normalized spacial score (nSPS) is 20.1. The van der Waals surface area contributed by atoms with Crippen molar-refractivity contribution in [3.8, 4) is 0 Å². The minimum atomic E-state index is -0.128. The highest BCUT2D eigenvalue weighted by molar-refractivity contribution is 5.90. The molecule has 1 saturated carbocycles. The van der Waals surface area contributed by atoms with E-state index in [-0.39, 0.29) is 11.5 Å². The number of ketones is 1. The van der Waals surface area contributed by atoms with Crippen molar-refractivity contribution in [1.29, 1.82) is 0 Å². The Kier molecular flexibility index (Phi) is 4.32. The van der Waals surface area contributed by atoms with Gasteiger partial charge in [-0.2, -0.15) is 0 Å². The van der Waals surface area contributed by atoms with Gasteiger partial charge in [-0.25, -0.2) is 0 Å². The van der Waals surface area contributed by atoms with Crippen LogP contribution in [0.1, 0.15) is 52.4 Å². The van der Waals surface area contributed by atoms with Crippen molar-refractivity contribution in [2.45, 2.75) is 57.9 Å². The molecule has 0 atom stereocenters. The fourth-order valence-corrected chi connectivity index (χ4v) is 2.91. The van der Waals surface area contributed by atoms with Gasteiger partial charge in [-0.05, 0) is 39.8 Å². The summed E-state index contributed by atoms with van der Waals surface area (Å²) in [6.07, 6.45) is 6.54. The fraction of sp³-hybridized carbons (Fsp3) is 0.923. The number of carbonyl (C=O) groups is 1. The van der Waals surface area contributed by atoms with Crippen LogP contribution in [0, 0.1) is 5.92 Å². The van der Waals surface area contributed by atoms with Crippen molar-refractivity contribution in [2.24, 2.45) is 5.92 Å². The zero-order chi connectivity index (χ0) is 11.5. The molecule has 0 saturated heterocycles. The summed E-state index contributed by atoms with van der Waals surface area (Å²) in [7, 11) is 4.12. The molecule has 0 aromatic carbocycles. The van der Waals surface area contributed by atoms with Crippen LogP contribution in [0.2, 0.25) is 0 Å². The van der Waals surface area contributed by atoms with E-state index in [1.165, 1.54) is 12.8 Å². The maximum absolute atomic E-state index is 12.5. The van der Waals surface area contributed by atoms with Gasteiger partial charge in [-0.1, -0.05) is 26.7 Å². The first-order valence-electron chi connectivity index (χ1n) is 6.30. The average molecular weight is 211 g/mol. The second-order valence-corrected chi connectivity index (χ2v) is 5.01. The number of carbonyl (C=O) groups excluding carboxylic acids is 1. The molecule has 0 bridgehead atoms. The van der Waals surface area contributed by atoms with Crippen molar-refractivity contribution < 1.29 is 4.79 Å². The lowest BCUT2D eigenvalue weighted by Crippen LogP contribution is -2.51. The molecule has 1 rings (SSSR count). The van der Waals surface area contributed by atoms with Gasteiger partial charge in [-0.3, -0.25) is 9.69 Å². The van der Waals surface area contributed by atoms with Crippen LogP contribution in [0.25, 0.3) is 0 Å². The average Bonchev–Trinajstić information content (AvgIpc) is 2.69. The van der Waals surface area contributed by atoms with Crippen LogP contribution in [0.5, 0.6) is 0 Å². The van der Waals surface area contributed by atoms with E-state index in [1.807, 2.05) is 0 Å². The van der Waals surface area contributed by atoms with E-state index in [0.29, 0.717) is 5.78 Å². The van der Waals surface area contributed by atoms with Gasteiger partial charge in [0.15, 0.2) is 5.78 Å². The van der Waals surface area contributed by atoms with Crippen molar-refractivity contribution in [3.63, 3.8) is 0 Å². The van der Waals surface area contributed by atoms with E-state index in [0.717, 1.165) is 25.7 Å². The van der Waals surface area contributed by atoms with E-state index in [1.54, 1.807) is 0 Å². The Morgan fingerprint density at radius 3 is 2.00 bits per heavy atom. The number of hydrogen-bond donors (Lipinski definition) is 0. The summed E-state index contributed by atoms with van der Waals surface area (Å²) in [6.45, 7) is 4.26. The van der Waals surface area contributed by atoms with Gasteiger partial charge in [0.05, 0.1) is 5.54 Å². The zero-order valence-electron chi connectivity index (χ0n) is 10.7. The molecule has 0 radical (unpaired) electrons. The van der Waals surface area contributed by atoms with E-state index in [2.05, 4.69) is 32.8 Å². The predicted molar refractivity (Wildman–Crippen MR) is 64.0 cm³/mol. The fourth-order valence-electron chi connectivity index (χ4n) is 2.91. The maximum atomic E-state index is 12.5. The van der Waals surface area contributed by atoms with Gasteiger partial charge in [0.1, 0.15) is 0 Å². The smallest absolute Gasteiger partial charge is 0.156 e. The SMILES string of the molecule is CCC(CC)C(=O)C1(N(C)C)CCCC1. The molecular weight excluding hydrogens is 186 g/mol. The summed E-state index contributed by atoms with van der Waals surface area (Å²) >= 11 is 0. The van der Waals surface area contributed by atoms with Crippen LogP contribution in [0.3, 0.4) is 0 Å². The first-order valence-corrected chi connectivity index (χ1v) is 6.30. The van der Waals surface area contributed by atoms with Crippen molar-refractivity contribution >= 4 is 5.78 Å². The number of nitrogens with zero attached hydrogens (tertiary/aromatic N) is 1. The van der Waals surface area contributed by atoms with Crippen LogP contribution in [-0.2, 0) is 4.79 Å². The van der Waals surface area contributed by atoms with Crippen LogP contribution >= 0.6 is 0 Å². The summed E-state index contributed by atoms with van der Waals surface area (Å²) in [6, 6.07) is 0. The second-order valence-electron chi connectivity index (χ2n) is 5.01. The molecule has 0 amide bonds. The molecule has 0 aliphatic heterocycles. The lowest BCUT2D eigenvalue weighted by molar-refractivity contribution is -0.134. The van der Waals surface area contributed by atoms with E-state index < -0.39 is 0 Å². The molecule has 1 aliphatic rings. The Morgan fingerprint density at radius 2 is 1.67 bits per heavy atom. The van der Waals surface area contributed by atoms with Crippen LogP contribution < -0.4 is 0 Å². The largest absolute Gasteiger partial charge is 0.297 e. The summed E-state index contributed by atoms with van der Waals surface area (Å²) in [5.41, 5.74) is -0.128. The molecule has 0 aromatic heterocycles. The number of hydrogen-bond acceptors (Lipinski definition) is 2. The summed E-state index contributed by atoms with van der Waals surface area (Å²) in [5.74, 6) is 0.764. The molecule has 0 spiro atoms. The van der Waals surface area contributed by atoms with Gasteiger partial charge in [-0.15, -0.1) is 0 Å². The number of rotatable bonds is 5. The highest BCUT2D eigenvalue weighted by Crippen LogP contribution is 2.37. The van der Waals surface area contributed by atoms with Gasteiger partial charge >= 0.3 is 0 Å². The third-order valence-corrected chi connectivity index (χ3v) is 4.10. The molecule has 1 aliphatic carbocycles. The first kappa shape index (κ1) is 12.7. The van der Waals surface area contributed by atoms with Gasteiger partial charge < -0.3 is 0 Å². The van der Waals surface area contributed by atoms with Crippen LogP contribution in [0.15, 0.2) is 0 Å². The Hall–Kier alpha value is -0.370. The first-order chi connectivity index (χ1) is 7.08. The van der Waals surface area contributed by atoms with Gasteiger partial charge in [0.2, 0.25) is 0 Å². The molecule has 88 valence electrons. The summed E-state index contributed by atoms with van der Waals surface area (Å²) in [4.78, 5) is 14.7. The van der Waals surface area contributed by atoms with Gasteiger partial charge in [0.25, 0.3) is 0 Å². The quantitative estimate of drug-likeness (QED) is 0.697. The Balaban J connectivity index is 2.85. The molecule has 15 heavy (non-hydrogen) atoms. The van der Waals surface area contributed by atoms with E-state index in [4.69, 9.17) is 0 Å². The number of likely N-dealkylation sites (N-methyl/N-ethyl adjacent to an activating group) is 1. The Labute approximate surface area is 94.0 Å². The minimum Gasteiger partial charge on any atom is -0.297 e. The minimum absolute atomic E-state index is 0.128. The van der Waals surface area contributed by atoms with Gasteiger partial charge in [0, 0.05) is 5.92 Å². The molecule has 2 nitrogen and oxygen atoms in total. The van der Waals surface area contributed by atoms with Crippen molar-refractivity contribution in [2.75, 3.05) is 14.1 Å². The zero-order valence-corrected chi connectivity index (χ0v) is 10.7. The lowest BCUT2D eigenvalue weighted by Gasteiger charge is -2.37. The van der Waals surface area contributed by atoms with E-state index >= 15 is 0 Å². The van der Waals surface area contributed by atoms with Crippen LogP contribution in [0.4, 0.5) is 0 Å². The highest BCUT2D eigenvalue weighted by atomic mass is 16.1. The molecular formula is C13H25NO. The highest BCUT2D eigenvalue weighted by Gasteiger charge is 2.44. The molecule has 1 fully saturated rings. The van der Waals surface area contributed by atoms with E-state index in [9.17, 15) is 4.79 Å². The Morgan fingerprint density at radius 1 is 1.20 bits per heavy atom. The summed E-state index contributed by atoms with van der Waals surface area (Å²) in [5, 5.41) is 0. The predicted octanol–water partition coefficient (Wildman–Crippen LogP) is 2.87.